The quantitative estimate of drug-likeness (QED) is 0.808. The molecule has 0 aliphatic carbocycles. The Kier molecular flexibility index (Phi) is 6.26. The van der Waals surface area contributed by atoms with Crippen molar-refractivity contribution in [3.63, 3.8) is 0 Å². The average Bonchev–Trinajstić information content (AvgIpc) is 3.00. The number of pyridine rings is 1. The number of hydrogen-bond acceptors (Lipinski definition) is 4. The van der Waals surface area contributed by atoms with Crippen LogP contribution in [0.15, 0.2) is 18.3 Å². The number of likely N-dealkylation sites (tertiary alicyclic amines) is 1. The predicted molar refractivity (Wildman–Crippen MR) is 102 cm³/mol. The predicted octanol–water partition coefficient (Wildman–Crippen LogP) is 4.16. The van der Waals surface area contributed by atoms with Crippen molar-refractivity contribution in [3.8, 4) is 0 Å². The van der Waals surface area contributed by atoms with Crippen LogP contribution < -0.4 is 4.90 Å². The number of nitrogens with zero attached hydrogens (tertiary/aromatic N) is 3. The largest absolute Gasteiger partial charge is 0.443 e. The minimum absolute atomic E-state index is 0.0779. The van der Waals surface area contributed by atoms with Crippen molar-refractivity contribution in [2.75, 3.05) is 18.0 Å². The zero-order valence-electron chi connectivity index (χ0n) is 16.8. The SMILES string of the molecule is CC(=O)N1CCC[C@@H]1c1ccc(N(CC(C)C)C(=O)OC(C)(C)C)nc1. The van der Waals surface area contributed by atoms with Crippen LogP contribution >= 0.6 is 0 Å². The summed E-state index contributed by atoms with van der Waals surface area (Å²) in [5.41, 5.74) is 0.452. The molecule has 1 aliphatic heterocycles. The lowest BCUT2D eigenvalue weighted by Crippen LogP contribution is -2.39. The van der Waals surface area contributed by atoms with Gasteiger partial charge in [0, 0.05) is 26.2 Å². The van der Waals surface area contributed by atoms with E-state index in [-0.39, 0.29) is 17.9 Å². The number of carbonyl (C=O) groups is 2. The molecule has 6 nitrogen and oxygen atoms in total. The van der Waals surface area contributed by atoms with Gasteiger partial charge in [-0.05, 0) is 51.2 Å². The highest BCUT2D eigenvalue weighted by Gasteiger charge is 2.29. The van der Waals surface area contributed by atoms with E-state index in [0.29, 0.717) is 12.4 Å². The molecule has 2 amide bonds. The van der Waals surface area contributed by atoms with Gasteiger partial charge >= 0.3 is 6.09 Å². The number of hydrogen-bond donors (Lipinski definition) is 0. The summed E-state index contributed by atoms with van der Waals surface area (Å²) >= 11 is 0. The van der Waals surface area contributed by atoms with E-state index < -0.39 is 11.7 Å². The maximum Gasteiger partial charge on any atom is 0.416 e. The van der Waals surface area contributed by atoms with Crippen molar-refractivity contribution in [3.05, 3.63) is 23.9 Å². The molecule has 0 saturated carbocycles. The molecule has 2 heterocycles. The highest BCUT2D eigenvalue weighted by molar-refractivity contribution is 5.86. The lowest BCUT2D eigenvalue weighted by atomic mass is 10.1. The summed E-state index contributed by atoms with van der Waals surface area (Å²) < 4.78 is 5.53. The summed E-state index contributed by atoms with van der Waals surface area (Å²) in [6.07, 6.45) is 3.34. The second-order valence-corrected chi connectivity index (χ2v) is 8.30. The van der Waals surface area contributed by atoms with Gasteiger partial charge in [0.15, 0.2) is 0 Å². The van der Waals surface area contributed by atoms with Crippen LogP contribution in [-0.2, 0) is 9.53 Å². The molecular weight excluding hydrogens is 330 g/mol. The number of aromatic nitrogens is 1. The third kappa shape index (κ3) is 5.19. The Morgan fingerprint density at radius 2 is 2.04 bits per heavy atom. The lowest BCUT2D eigenvalue weighted by Gasteiger charge is -2.28. The first kappa shape index (κ1) is 20.2. The topological polar surface area (TPSA) is 62.7 Å². The van der Waals surface area contributed by atoms with Crippen LogP contribution in [0.25, 0.3) is 0 Å². The Morgan fingerprint density at radius 3 is 2.54 bits per heavy atom. The molecule has 2 rings (SSSR count). The lowest BCUT2D eigenvalue weighted by molar-refractivity contribution is -0.129. The molecule has 1 fully saturated rings. The molecule has 1 saturated heterocycles. The van der Waals surface area contributed by atoms with Gasteiger partial charge in [0.1, 0.15) is 11.4 Å². The summed E-state index contributed by atoms with van der Waals surface area (Å²) in [4.78, 5) is 32.3. The maximum atomic E-state index is 12.6. The molecule has 0 unspecified atom stereocenters. The van der Waals surface area contributed by atoms with E-state index in [1.165, 1.54) is 0 Å². The number of amides is 2. The van der Waals surface area contributed by atoms with Crippen LogP contribution in [0.2, 0.25) is 0 Å². The number of ether oxygens (including phenoxy) is 1. The Morgan fingerprint density at radius 1 is 1.35 bits per heavy atom. The average molecular weight is 361 g/mol. The van der Waals surface area contributed by atoms with Crippen molar-refractivity contribution < 1.29 is 14.3 Å². The normalized spacial score (nSPS) is 17.5. The van der Waals surface area contributed by atoms with Crippen molar-refractivity contribution in [2.45, 2.75) is 66.0 Å². The Balaban J connectivity index is 2.21. The molecule has 1 aromatic rings. The van der Waals surface area contributed by atoms with E-state index in [1.54, 1.807) is 18.0 Å². The van der Waals surface area contributed by atoms with Crippen molar-refractivity contribution in [1.29, 1.82) is 0 Å². The standard InChI is InChI=1S/C20H31N3O3/c1-14(2)13-23(19(25)26-20(4,5)6)18-10-9-16(12-21-18)17-8-7-11-22(17)15(3)24/h9-10,12,14,17H,7-8,11,13H2,1-6H3/t17-/m1/s1. The molecule has 0 radical (unpaired) electrons. The van der Waals surface area contributed by atoms with Gasteiger partial charge in [-0.15, -0.1) is 0 Å². The van der Waals surface area contributed by atoms with E-state index in [1.807, 2.05) is 37.8 Å². The monoisotopic (exact) mass is 361 g/mol. The number of anilines is 1. The van der Waals surface area contributed by atoms with E-state index in [4.69, 9.17) is 4.74 Å². The van der Waals surface area contributed by atoms with Gasteiger partial charge in [-0.25, -0.2) is 9.78 Å². The van der Waals surface area contributed by atoms with Crippen LogP contribution in [0.3, 0.4) is 0 Å². The minimum Gasteiger partial charge on any atom is -0.443 e. The fraction of sp³-hybridized carbons (Fsp3) is 0.650. The molecular formula is C20H31N3O3. The Hall–Kier alpha value is -2.11. The van der Waals surface area contributed by atoms with E-state index in [0.717, 1.165) is 24.9 Å². The number of rotatable bonds is 4. The van der Waals surface area contributed by atoms with Crippen LogP contribution in [0.4, 0.5) is 10.6 Å². The third-order valence-corrected chi connectivity index (χ3v) is 4.25. The Labute approximate surface area is 156 Å². The van der Waals surface area contributed by atoms with E-state index in [9.17, 15) is 9.59 Å². The van der Waals surface area contributed by atoms with Crippen LogP contribution in [0.1, 0.15) is 66.0 Å². The molecule has 1 aromatic heterocycles. The summed E-state index contributed by atoms with van der Waals surface area (Å²) in [7, 11) is 0. The minimum atomic E-state index is -0.557. The molecule has 1 aliphatic rings. The summed E-state index contributed by atoms with van der Waals surface area (Å²) in [6, 6.07) is 3.89. The summed E-state index contributed by atoms with van der Waals surface area (Å²) in [6.45, 7) is 12.6. The summed E-state index contributed by atoms with van der Waals surface area (Å²) in [5, 5.41) is 0. The smallest absolute Gasteiger partial charge is 0.416 e. The van der Waals surface area contributed by atoms with Gasteiger partial charge < -0.3 is 9.64 Å². The molecule has 0 aromatic carbocycles. The van der Waals surface area contributed by atoms with Gasteiger partial charge in [0.25, 0.3) is 0 Å². The molecule has 144 valence electrons. The Bertz CT molecular complexity index is 635. The third-order valence-electron chi connectivity index (χ3n) is 4.25. The van der Waals surface area contributed by atoms with Crippen molar-refractivity contribution >= 4 is 17.8 Å². The molecule has 26 heavy (non-hydrogen) atoms. The first-order valence-electron chi connectivity index (χ1n) is 9.32. The van der Waals surface area contributed by atoms with Gasteiger partial charge in [0.05, 0.1) is 6.04 Å². The second kappa shape index (κ2) is 8.06. The second-order valence-electron chi connectivity index (χ2n) is 8.30. The maximum absolute atomic E-state index is 12.6. The van der Waals surface area contributed by atoms with Crippen LogP contribution in [-0.4, -0.2) is 40.6 Å². The molecule has 1 atom stereocenters. The highest BCUT2D eigenvalue weighted by Crippen LogP contribution is 2.32. The van der Waals surface area contributed by atoms with Crippen LogP contribution in [0, 0.1) is 5.92 Å². The molecule has 6 heteroatoms. The molecule has 0 N–H and O–H groups in total. The number of carbonyl (C=O) groups excluding carboxylic acids is 2. The zero-order valence-corrected chi connectivity index (χ0v) is 16.8. The van der Waals surface area contributed by atoms with Gasteiger partial charge in [-0.2, -0.15) is 0 Å². The van der Waals surface area contributed by atoms with Gasteiger partial charge in [0.2, 0.25) is 5.91 Å². The van der Waals surface area contributed by atoms with Gasteiger partial charge in [-0.3, -0.25) is 9.69 Å². The first-order chi connectivity index (χ1) is 12.1. The van der Waals surface area contributed by atoms with E-state index in [2.05, 4.69) is 18.8 Å². The van der Waals surface area contributed by atoms with E-state index >= 15 is 0 Å². The summed E-state index contributed by atoms with van der Waals surface area (Å²) in [5.74, 6) is 0.947. The molecule has 0 bridgehead atoms. The fourth-order valence-electron chi connectivity index (χ4n) is 3.19. The first-order valence-corrected chi connectivity index (χ1v) is 9.32. The highest BCUT2D eigenvalue weighted by atomic mass is 16.6. The van der Waals surface area contributed by atoms with Crippen molar-refractivity contribution in [2.24, 2.45) is 5.92 Å². The van der Waals surface area contributed by atoms with Crippen molar-refractivity contribution in [1.82, 2.24) is 9.88 Å². The molecule has 0 spiro atoms. The zero-order chi connectivity index (χ0) is 19.5. The van der Waals surface area contributed by atoms with Crippen LogP contribution in [0.5, 0.6) is 0 Å². The fourth-order valence-corrected chi connectivity index (χ4v) is 3.19. The van der Waals surface area contributed by atoms with Gasteiger partial charge in [-0.1, -0.05) is 19.9 Å².